The lowest BCUT2D eigenvalue weighted by Crippen LogP contribution is -2.14. The molecule has 5 heteroatoms. The summed E-state index contributed by atoms with van der Waals surface area (Å²) >= 11 is 9.44. The Morgan fingerprint density at radius 3 is 3.00 bits per heavy atom. The number of benzene rings is 1. The van der Waals surface area contributed by atoms with Gasteiger partial charge in [-0.1, -0.05) is 18.5 Å². The number of halogens is 2. The summed E-state index contributed by atoms with van der Waals surface area (Å²) in [7, 11) is 0. The second-order valence-corrected chi connectivity index (χ2v) is 5.47. The topological polar surface area (TPSA) is 38.1 Å². The molecule has 102 valence electrons. The van der Waals surface area contributed by atoms with Gasteiger partial charge in [-0.05, 0) is 53.6 Å². The average molecular weight is 344 g/mol. The first-order valence-electron chi connectivity index (χ1n) is 6.31. The van der Waals surface area contributed by atoms with Gasteiger partial charge in [-0.15, -0.1) is 0 Å². The SMILES string of the molecule is CCNCCCc1ncc(-c2ccc(Br)c(Cl)c2)o1. The lowest BCUT2D eigenvalue weighted by molar-refractivity contribution is 0.493. The molecule has 1 heterocycles. The molecule has 0 bridgehead atoms. The zero-order valence-electron chi connectivity index (χ0n) is 10.7. The van der Waals surface area contributed by atoms with Gasteiger partial charge in [0.1, 0.15) is 0 Å². The molecular weight excluding hydrogens is 328 g/mol. The Hall–Kier alpha value is -0.840. The van der Waals surface area contributed by atoms with E-state index in [1.807, 2.05) is 18.2 Å². The lowest BCUT2D eigenvalue weighted by Gasteiger charge is -2.00. The van der Waals surface area contributed by atoms with Crippen LogP contribution in [0.25, 0.3) is 11.3 Å². The number of hydrogen-bond acceptors (Lipinski definition) is 3. The van der Waals surface area contributed by atoms with E-state index in [0.29, 0.717) is 5.02 Å². The van der Waals surface area contributed by atoms with Crippen molar-refractivity contribution in [2.75, 3.05) is 13.1 Å². The van der Waals surface area contributed by atoms with Crippen LogP contribution in [-0.2, 0) is 6.42 Å². The van der Waals surface area contributed by atoms with E-state index in [9.17, 15) is 0 Å². The zero-order valence-corrected chi connectivity index (χ0v) is 13.1. The number of aromatic nitrogens is 1. The van der Waals surface area contributed by atoms with E-state index >= 15 is 0 Å². The summed E-state index contributed by atoms with van der Waals surface area (Å²) < 4.78 is 6.61. The van der Waals surface area contributed by atoms with Crippen LogP contribution < -0.4 is 5.32 Å². The van der Waals surface area contributed by atoms with Gasteiger partial charge in [0.25, 0.3) is 0 Å². The minimum absolute atomic E-state index is 0.669. The molecule has 0 amide bonds. The maximum absolute atomic E-state index is 6.07. The minimum Gasteiger partial charge on any atom is -0.441 e. The molecule has 0 saturated carbocycles. The quantitative estimate of drug-likeness (QED) is 0.795. The van der Waals surface area contributed by atoms with Gasteiger partial charge >= 0.3 is 0 Å². The largest absolute Gasteiger partial charge is 0.441 e. The van der Waals surface area contributed by atoms with Crippen LogP contribution in [0.5, 0.6) is 0 Å². The van der Waals surface area contributed by atoms with Crippen LogP contribution in [0.4, 0.5) is 0 Å². The number of hydrogen-bond donors (Lipinski definition) is 1. The first-order chi connectivity index (χ1) is 9.20. The third-order valence-corrected chi connectivity index (χ3v) is 3.98. The third-order valence-electron chi connectivity index (χ3n) is 2.75. The van der Waals surface area contributed by atoms with Crippen LogP contribution in [-0.4, -0.2) is 18.1 Å². The highest BCUT2D eigenvalue weighted by molar-refractivity contribution is 9.10. The Morgan fingerprint density at radius 2 is 2.26 bits per heavy atom. The van der Waals surface area contributed by atoms with Gasteiger partial charge in [0.05, 0.1) is 11.2 Å². The van der Waals surface area contributed by atoms with Crippen molar-refractivity contribution in [3.63, 3.8) is 0 Å². The molecule has 0 aliphatic carbocycles. The summed E-state index contributed by atoms with van der Waals surface area (Å²) in [6, 6.07) is 5.73. The molecule has 1 aromatic carbocycles. The van der Waals surface area contributed by atoms with Gasteiger partial charge in [-0.25, -0.2) is 4.98 Å². The van der Waals surface area contributed by atoms with Crippen LogP contribution in [0.2, 0.25) is 5.02 Å². The number of rotatable bonds is 6. The Morgan fingerprint density at radius 1 is 1.42 bits per heavy atom. The van der Waals surface area contributed by atoms with Crippen molar-refractivity contribution in [1.82, 2.24) is 10.3 Å². The summed E-state index contributed by atoms with van der Waals surface area (Å²) in [6.45, 7) is 4.08. The summed E-state index contributed by atoms with van der Waals surface area (Å²) in [4.78, 5) is 4.29. The molecule has 0 aliphatic heterocycles. The predicted octanol–water partition coefficient (Wildman–Crippen LogP) is 4.30. The average Bonchev–Trinajstić information content (AvgIpc) is 2.87. The molecule has 0 unspecified atom stereocenters. The van der Waals surface area contributed by atoms with Crippen molar-refractivity contribution in [3.8, 4) is 11.3 Å². The highest BCUT2D eigenvalue weighted by Gasteiger charge is 2.08. The van der Waals surface area contributed by atoms with Crippen molar-refractivity contribution < 1.29 is 4.42 Å². The smallest absolute Gasteiger partial charge is 0.194 e. The van der Waals surface area contributed by atoms with Crippen LogP contribution in [0.15, 0.2) is 33.3 Å². The number of aryl methyl sites for hydroxylation is 1. The summed E-state index contributed by atoms with van der Waals surface area (Å²) in [5.74, 6) is 1.53. The van der Waals surface area contributed by atoms with Crippen LogP contribution >= 0.6 is 27.5 Å². The Kier molecular flexibility index (Phi) is 5.43. The maximum Gasteiger partial charge on any atom is 0.194 e. The standard InChI is InChI=1S/C14H16BrClN2O/c1-2-17-7-3-4-14-18-9-13(19-14)10-5-6-11(15)12(16)8-10/h5-6,8-9,17H,2-4,7H2,1H3. The van der Waals surface area contributed by atoms with Crippen molar-refractivity contribution in [2.45, 2.75) is 19.8 Å². The molecule has 0 aliphatic rings. The monoisotopic (exact) mass is 342 g/mol. The Bertz CT molecular complexity index is 542. The highest BCUT2D eigenvalue weighted by atomic mass is 79.9. The predicted molar refractivity (Wildman–Crippen MR) is 81.5 cm³/mol. The van der Waals surface area contributed by atoms with E-state index < -0.39 is 0 Å². The number of oxazole rings is 1. The molecule has 0 fully saturated rings. The van der Waals surface area contributed by atoms with Crippen LogP contribution in [0, 0.1) is 0 Å². The Labute approximate surface area is 126 Å². The fourth-order valence-corrected chi connectivity index (χ4v) is 2.18. The fourth-order valence-electron chi connectivity index (χ4n) is 1.75. The van der Waals surface area contributed by atoms with Crippen LogP contribution in [0.3, 0.4) is 0 Å². The van der Waals surface area contributed by atoms with Crippen molar-refractivity contribution in [3.05, 3.63) is 39.8 Å². The third kappa shape index (κ3) is 4.06. The maximum atomic E-state index is 6.07. The zero-order chi connectivity index (χ0) is 13.7. The first kappa shape index (κ1) is 14.6. The molecular formula is C14H16BrClN2O. The van der Waals surface area contributed by atoms with Gasteiger partial charge in [-0.3, -0.25) is 0 Å². The Balaban J connectivity index is 2.01. The lowest BCUT2D eigenvalue weighted by atomic mass is 10.2. The minimum atomic E-state index is 0.669. The molecule has 0 atom stereocenters. The molecule has 0 saturated heterocycles. The number of nitrogens with zero attached hydrogens (tertiary/aromatic N) is 1. The van der Waals surface area contributed by atoms with Crippen LogP contribution in [0.1, 0.15) is 19.2 Å². The van der Waals surface area contributed by atoms with Crippen molar-refractivity contribution in [2.24, 2.45) is 0 Å². The van der Waals surface area contributed by atoms with Crippen molar-refractivity contribution in [1.29, 1.82) is 0 Å². The molecule has 1 N–H and O–H groups in total. The van der Waals surface area contributed by atoms with Gasteiger partial charge in [0.2, 0.25) is 0 Å². The van der Waals surface area contributed by atoms with Gasteiger partial charge in [-0.2, -0.15) is 0 Å². The molecule has 19 heavy (non-hydrogen) atoms. The molecule has 2 rings (SSSR count). The summed E-state index contributed by atoms with van der Waals surface area (Å²) in [6.07, 6.45) is 3.62. The van der Waals surface area contributed by atoms with Crippen molar-refractivity contribution >= 4 is 27.5 Å². The molecule has 1 aromatic heterocycles. The first-order valence-corrected chi connectivity index (χ1v) is 7.48. The van der Waals surface area contributed by atoms with E-state index in [0.717, 1.165) is 47.6 Å². The summed E-state index contributed by atoms with van der Waals surface area (Å²) in [5, 5.41) is 3.95. The molecule has 3 nitrogen and oxygen atoms in total. The number of nitrogens with one attached hydrogen (secondary N) is 1. The second kappa shape index (κ2) is 7.08. The van der Waals surface area contributed by atoms with Gasteiger partial charge < -0.3 is 9.73 Å². The molecule has 2 aromatic rings. The van der Waals surface area contributed by atoms with E-state index in [2.05, 4.69) is 33.2 Å². The second-order valence-electron chi connectivity index (χ2n) is 4.20. The molecule has 0 radical (unpaired) electrons. The highest BCUT2D eigenvalue weighted by Crippen LogP contribution is 2.29. The van der Waals surface area contributed by atoms with E-state index in [4.69, 9.17) is 16.0 Å². The van der Waals surface area contributed by atoms with Gasteiger partial charge in [0.15, 0.2) is 11.7 Å². The van der Waals surface area contributed by atoms with E-state index in [-0.39, 0.29) is 0 Å². The molecule has 0 spiro atoms. The van der Waals surface area contributed by atoms with Gasteiger partial charge in [0, 0.05) is 16.5 Å². The normalized spacial score (nSPS) is 10.9. The fraction of sp³-hybridized carbons (Fsp3) is 0.357. The van der Waals surface area contributed by atoms with E-state index in [1.165, 1.54) is 0 Å². The van der Waals surface area contributed by atoms with E-state index in [1.54, 1.807) is 6.20 Å². The summed E-state index contributed by atoms with van der Waals surface area (Å²) in [5.41, 5.74) is 0.943.